The average Bonchev–Trinajstić information content (AvgIpc) is 3.03. The first-order valence-electron chi connectivity index (χ1n) is 13.5. The molecule has 0 aliphatic rings. The maximum atomic E-state index is 7.27. The second-order valence-electron chi connectivity index (χ2n) is 9.54. The molecule has 5 aromatic rings. The summed E-state index contributed by atoms with van der Waals surface area (Å²) in [6, 6.07) is 51.1. The van der Waals surface area contributed by atoms with E-state index in [1.54, 1.807) is 7.11 Å². The lowest BCUT2D eigenvalue weighted by atomic mass is 10.0. The van der Waals surface area contributed by atoms with Gasteiger partial charge in [0.05, 0.1) is 15.3 Å². The van der Waals surface area contributed by atoms with Crippen LogP contribution in [0.5, 0.6) is 5.75 Å². The van der Waals surface area contributed by atoms with E-state index < -0.39 is 16.2 Å². The second kappa shape index (κ2) is 13.8. The minimum Gasteiger partial charge on any atom is -0.496 e. The van der Waals surface area contributed by atoms with E-state index in [4.69, 9.17) is 9.26 Å². The van der Waals surface area contributed by atoms with Crippen molar-refractivity contribution in [2.45, 2.75) is 19.1 Å². The molecule has 0 aromatic heterocycles. The zero-order chi connectivity index (χ0) is 27.7. The molecule has 0 saturated carbocycles. The van der Waals surface area contributed by atoms with Crippen molar-refractivity contribution in [2.24, 2.45) is 0 Å². The molecule has 0 aliphatic carbocycles. The van der Waals surface area contributed by atoms with Crippen LogP contribution in [0.15, 0.2) is 146 Å². The van der Waals surface area contributed by atoms with Crippen molar-refractivity contribution in [1.29, 1.82) is 0 Å². The van der Waals surface area contributed by atoms with Crippen LogP contribution in [-0.2, 0) is 4.52 Å². The third kappa shape index (κ3) is 6.52. The van der Waals surface area contributed by atoms with Crippen LogP contribution >= 0.6 is 16.2 Å². The van der Waals surface area contributed by atoms with E-state index in [1.165, 1.54) is 26.8 Å². The molecule has 0 heterocycles. The third-order valence-corrected chi connectivity index (χ3v) is 11.6. The van der Waals surface area contributed by atoms with Crippen LogP contribution in [0, 0.1) is 0 Å². The van der Waals surface area contributed by atoms with Crippen molar-refractivity contribution in [3.8, 4) is 5.75 Å². The second-order valence-corrected chi connectivity index (χ2v) is 13.6. The SMILES string of the molecule is COc1ccccc1[P@@](c1ccccc1)N(C)[C@H](C)[C@@H](OP(c1ccccc1)c1ccccc1)c1ccccc1. The molecule has 0 N–H and O–H groups in total. The van der Waals surface area contributed by atoms with Crippen molar-refractivity contribution in [2.75, 3.05) is 14.2 Å². The molecule has 5 rings (SSSR count). The van der Waals surface area contributed by atoms with E-state index in [2.05, 4.69) is 158 Å². The van der Waals surface area contributed by atoms with Crippen LogP contribution in [-0.4, -0.2) is 24.9 Å². The largest absolute Gasteiger partial charge is 0.496 e. The predicted molar refractivity (Wildman–Crippen MR) is 172 cm³/mol. The smallest absolute Gasteiger partial charge is 0.128 e. The van der Waals surface area contributed by atoms with E-state index in [0.29, 0.717) is 0 Å². The highest BCUT2D eigenvalue weighted by Crippen LogP contribution is 2.48. The quantitative estimate of drug-likeness (QED) is 0.159. The van der Waals surface area contributed by atoms with Crippen molar-refractivity contribution in [1.82, 2.24) is 4.67 Å². The van der Waals surface area contributed by atoms with Gasteiger partial charge in [-0.05, 0) is 37.0 Å². The zero-order valence-electron chi connectivity index (χ0n) is 23.2. The van der Waals surface area contributed by atoms with Gasteiger partial charge < -0.3 is 9.26 Å². The van der Waals surface area contributed by atoms with Gasteiger partial charge in [0.1, 0.15) is 11.9 Å². The first-order chi connectivity index (χ1) is 19.7. The Hall–Kier alpha value is -3.32. The van der Waals surface area contributed by atoms with Gasteiger partial charge in [-0.15, -0.1) is 0 Å². The molecular weight excluding hydrogens is 528 g/mol. The fourth-order valence-electron chi connectivity index (χ4n) is 4.82. The summed E-state index contributed by atoms with van der Waals surface area (Å²) in [5.41, 5.74) is 1.17. The minimum absolute atomic E-state index is 0.0519. The molecule has 40 heavy (non-hydrogen) atoms. The Morgan fingerprint density at radius 2 is 1.02 bits per heavy atom. The molecule has 202 valence electrons. The number of hydrogen-bond acceptors (Lipinski definition) is 3. The predicted octanol–water partition coefficient (Wildman–Crippen LogP) is 7.17. The normalized spacial score (nSPS) is 13.6. The van der Waals surface area contributed by atoms with Gasteiger partial charge in [-0.3, -0.25) is 4.67 Å². The molecule has 3 nitrogen and oxygen atoms in total. The van der Waals surface area contributed by atoms with Crippen molar-refractivity contribution >= 4 is 37.4 Å². The number of ether oxygens (including phenoxy) is 1. The van der Waals surface area contributed by atoms with Crippen LogP contribution in [0.25, 0.3) is 0 Å². The van der Waals surface area contributed by atoms with Crippen LogP contribution in [0.4, 0.5) is 0 Å². The van der Waals surface area contributed by atoms with Gasteiger partial charge in [-0.2, -0.15) is 0 Å². The molecule has 0 saturated heterocycles. The third-order valence-electron chi connectivity index (χ3n) is 6.99. The first kappa shape index (κ1) is 28.2. The number of nitrogens with zero attached hydrogens (tertiary/aromatic N) is 1. The fourth-order valence-corrected chi connectivity index (χ4v) is 9.30. The molecule has 5 aromatic carbocycles. The minimum atomic E-state index is -1.05. The first-order valence-corrected chi connectivity index (χ1v) is 16.1. The number of benzene rings is 5. The van der Waals surface area contributed by atoms with Gasteiger partial charge in [0.15, 0.2) is 0 Å². The van der Waals surface area contributed by atoms with Gasteiger partial charge in [-0.1, -0.05) is 133 Å². The summed E-state index contributed by atoms with van der Waals surface area (Å²) >= 11 is 0. The highest BCUT2D eigenvalue weighted by molar-refractivity contribution is 7.71. The fraction of sp³-hybridized carbons (Fsp3) is 0.143. The van der Waals surface area contributed by atoms with E-state index in [-0.39, 0.29) is 12.1 Å². The summed E-state index contributed by atoms with van der Waals surface area (Å²) in [4.78, 5) is 0. The highest BCUT2D eigenvalue weighted by atomic mass is 31.1. The Labute approximate surface area is 241 Å². The molecule has 0 radical (unpaired) electrons. The number of likely N-dealkylation sites (N-methyl/N-ethyl adjacent to an activating group) is 1. The van der Waals surface area contributed by atoms with Crippen LogP contribution in [0.2, 0.25) is 0 Å². The van der Waals surface area contributed by atoms with Crippen molar-refractivity contribution < 1.29 is 9.26 Å². The number of methoxy groups -OCH3 is 1. The molecule has 0 bridgehead atoms. The summed E-state index contributed by atoms with van der Waals surface area (Å²) in [5, 5.41) is 4.88. The van der Waals surface area contributed by atoms with Crippen molar-refractivity contribution in [3.63, 3.8) is 0 Å². The standard InChI is InChI=1S/C35H35NO2P2/c1-28(36(2)39(30-20-10-5-11-21-30)34-27-17-16-26-33(34)37-3)35(29-18-8-4-9-19-29)38-40(31-22-12-6-13-23-31)32-24-14-7-15-25-32/h4-28,35H,1-3H3/t28-,35-,39-/m1/s1. The number of para-hydroxylation sites is 1. The maximum Gasteiger partial charge on any atom is 0.128 e. The lowest BCUT2D eigenvalue weighted by Gasteiger charge is -2.39. The van der Waals surface area contributed by atoms with E-state index in [0.717, 1.165) is 5.75 Å². The van der Waals surface area contributed by atoms with Crippen LogP contribution < -0.4 is 26.0 Å². The van der Waals surface area contributed by atoms with Gasteiger partial charge in [0.2, 0.25) is 0 Å². The van der Waals surface area contributed by atoms with E-state index >= 15 is 0 Å². The molecule has 5 heteroatoms. The lowest BCUT2D eigenvalue weighted by molar-refractivity contribution is 0.154. The maximum absolute atomic E-state index is 7.27. The Morgan fingerprint density at radius 3 is 1.55 bits per heavy atom. The van der Waals surface area contributed by atoms with Crippen LogP contribution in [0.3, 0.4) is 0 Å². The summed E-state index contributed by atoms with van der Waals surface area (Å²) in [5.74, 6) is 0.907. The summed E-state index contributed by atoms with van der Waals surface area (Å²) in [6.07, 6.45) is -0.166. The van der Waals surface area contributed by atoms with Crippen LogP contribution in [0.1, 0.15) is 18.6 Å². The molecule has 0 fully saturated rings. The Kier molecular flexibility index (Phi) is 9.76. The molecule has 0 aliphatic heterocycles. The average molecular weight is 564 g/mol. The van der Waals surface area contributed by atoms with E-state index in [1.807, 2.05) is 6.07 Å². The van der Waals surface area contributed by atoms with Gasteiger partial charge in [-0.25, -0.2) is 0 Å². The van der Waals surface area contributed by atoms with Crippen molar-refractivity contribution in [3.05, 3.63) is 151 Å². The van der Waals surface area contributed by atoms with Gasteiger partial charge in [0.25, 0.3) is 0 Å². The summed E-state index contributed by atoms with van der Waals surface area (Å²) < 4.78 is 15.6. The topological polar surface area (TPSA) is 21.7 Å². The summed E-state index contributed by atoms with van der Waals surface area (Å²) in [6.45, 7) is 2.29. The van der Waals surface area contributed by atoms with E-state index in [9.17, 15) is 0 Å². The molecule has 0 spiro atoms. The molecule has 0 unspecified atom stereocenters. The monoisotopic (exact) mass is 563 g/mol. The molecular formula is C35H35NO2P2. The summed E-state index contributed by atoms with van der Waals surface area (Å²) in [7, 11) is 2.03. The molecule has 3 atom stereocenters. The number of rotatable bonds is 11. The Bertz CT molecular complexity index is 1410. The highest BCUT2D eigenvalue weighted by Gasteiger charge is 2.34. The number of hydrogen-bond donors (Lipinski definition) is 0. The Morgan fingerprint density at radius 1 is 0.575 bits per heavy atom. The zero-order valence-corrected chi connectivity index (χ0v) is 25.0. The van der Waals surface area contributed by atoms with Gasteiger partial charge >= 0.3 is 0 Å². The van der Waals surface area contributed by atoms with Gasteiger partial charge in [0, 0.05) is 30.0 Å². The molecule has 0 amide bonds. The lowest BCUT2D eigenvalue weighted by Crippen LogP contribution is -2.37. The Balaban J connectivity index is 1.58.